The molecule has 4 rings (SSSR count). The number of fused-ring (bicyclic) bond motifs is 3. The van der Waals surface area contributed by atoms with E-state index in [9.17, 15) is 14.4 Å². The first-order valence-corrected chi connectivity index (χ1v) is 11.0. The molecule has 1 atom stereocenters. The number of aromatic nitrogens is 1. The van der Waals surface area contributed by atoms with Crippen LogP contribution in [0.15, 0.2) is 59.1 Å². The number of amides is 2. The minimum Gasteiger partial charge on any atom is -0.476 e. The Morgan fingerprint density at radius 2 is 1.71 bits per heavy atom. The van der Waals surface area contributed by atoms with E-state index in [2.05, 4.69) is 40.1 Å². The minimum absolute atomic E-state index is 0.0133. The summed E-state index contributed by atoms with van der Waals surface area (Å²) in [6.07, 6.45) is -0.121. The van der Waals surface area contributed by atoms with E-state index in [0.29, 0.717) is 6.42 Å². The second-order valence-corrected chi connectivity index (χ2v) is 8.14. The number of alkyl carbamates (subject to hydrolysis) is 1. The standard InChI is InChI=1S/C25H25N3O6/c1-15(23(29)27-13-16-12-22(24(30)31)28-34-16)10-11-26-25(32)33-14-21-19-8-4-2-6-17(19)18-7-3-5-9-20(18)21/h2-9,12,15,21H,10-11,13-14H2,1H3,(H,26,32)(H,27,29)(H,30,31). The molecule has 9 nitrogen and oxygen atoms in total. The highest BCUT2D eigenvalue weighted by Gasteiger charge is 2.29. The van der Waals surface area contributed by atoms with Crippen LogP contribution in [0.4, 0.5) is 4.79 Å². The van der Waals surface area contributed by atoms with E-state index < -0.39 is 12.1 Å². The normalized spacial score (nSPS) is 13.0. The van der Waals surface area contributed by atoms with E-state index in [1.54, 1.807) is 6.92 Å². The molecule has 3 aromatic rings. The number of benzene rings is 2. The maximum atomic E-state index is 12.2. The van der Waals surface area contributed by atoms with Crippen LogP contribution in [-0.4, -0.2) is 41.4 Å². The van der Waals surface area contributed by atoms with Gasteiger partial charge in [-0.1, -0.05) is 60.6 Å². The second kappa shape index (κ2) is 10.2. The Balaban J connectivity index is 1.20. The van der Waals surface area contributed by atoms with Crippen molar-refractivity contribution in [1.29, 1.82) is 0 Å². The van der Waals surface area contributed by atoms with E-state index in [0.717, 1.165) is 22.3 Å². The van der Waals surface area contributed by atoms with E-state index in [1.165, 1.54) is 6.07 Å². The van der Waals surface area contributed by atoms with Crippen LogP contribution in [0.1, 0.15) is 46.6 Å². The molecule has 0 saturated carbocycles. The fourth-order valence-corrected chi connectivity index (χ4v) is 4.02. The Kier molecular flexibility index (Phi) is 6.91. The number of aromatic carboxylic acids is 1. The van der Waals surface area contributed by atoms with Crippen LogP contribution in [0.5, 0.6) is 0 Å². The van der Waals surface area contributed by atoms with Crippen molar-refractivity contribution in [3.63, 3.8) is 0 Å². The van der Waals surface area contributed by atoms with E-state index in [4.69, 9.17) is 14.4 Å². The van der Waals surface area contributed by atoms with Crippen LogP contribution in [0.25, 0.3) is 11.1 Å². The average molecular weight is 463 g/mol. The van der Waals surface area contributed by atoms with Gasteiger partial charge in [0.25, 0.3) is 0 Å². The number of nitrogens with zero attached hydrogens (tertiary/aromatic N) is 1. The van der Waals surface area contributed by atoms with Crippen molar-refractivity contribution < 1.29 is 28.8 Å². The van der Waals surface area contributed by atoms with Crippen molar-refractivity contribution in [2.75, 3.05) is 13.2 Å². The van der Waals surface area contributed by atoms with Crippen molar-refractivity contribution in [3.05, 3.63) is 77.2 Å². The molecule has 0 fully saturated rings. The van der Waals surface area contributed by atoms with Gasteiger partial charge in [-0.15, -0.1) is 0 Å². The van der Waals surface area contributed by atoms with Crippen molar-refractivity contribution in [2.45, 2.75) is 25.8 Å². The van der Waals surface area contributed by atoms with Gasteiger partial charge in [0.2, 0.25) is 5.91 Å². The number of nitrogens with one attached hydrogen (secondary N) is 2. The predicted molar refractivity (Wildman–Crippen MR) is 122 cm³/mol. The number of carbonyl (C=O) groups is 3. The highest BCUT2D eigenvalue weighted by atomic mass is 16.5. The molecular formula is C25H25N3O6. The van der Waals surface area contributed by atoms with Crippen LogP contribution in [-0.2, 0) is 16.1 Å². The van der Waals surface area contributed by atoms with Crippen LogP contribution < -0.4 is 10.6 Å². The Hall–Kier alpha value is -4.14. The number of carboxylic acids is 1. The van der Waals surface area contributed by atoms with E-state index in [-0.39, 0.29) is 48.9 Å². The lowest BCUT2D eigenvalue weighted by atomic mass is 9.98. The summed E-state index contributed by atoms with van der Waals surface area (Å²) in [5.41, 5.74) is 4.39. The lowest BCUT2D eigenvalue weighted by Gasteiger charge is -2.15. The number of hydrogen-bond donors (Lipinski definition) is 3. The van der Waals surface area contributed by atoms with Crippen LogP contribution in [0.3, 0.4) is 0 Å². The zero-order valence-electron chi connectivity index (χ0n) is 18.6. The van der Waals surface area contributed by atoms with Crippen molar-refractivity contribution in [3.8, 4) is 11.1 Å². The van der Waals surface area contributed by atoms with E-state index >= 15 is 0 Å². The van der Waals surface area contributed by atoms with Gasteiger partial charge in [-0.2, -0.15) is 0 Å². The number of hydrogen-bond acceptors (Lipinski definition) is 6. The Morgan fingerprint density at radius 1 is 1.06 bits per heavy atom. The molecule has 1 aliphatic rings. The molecule has 0 saturated heterocycles. The maximum absolute atomic E-state index is 12.2. The van der Waals surface area contributed by atoms with Gasteiger partial charge < -0.3 is 25.0 Å². The van der Waals surface area contributed by atoms with E-state index in [1.807, 2.05) is 24.3 Å². The summed E-state index contributed by atoms with van der Waals surface area (Å²) in [6, 6.07) is 17.5. The summed E-state index contributed by atoms with van der Waals surface area (Å²) in [7, 11) is 0. The Labute approximate surface area is 196 Å². The van der Waals surface area contributed by atoms with Gasteiger partial charge in [0.15, 0.2) is 11.5 Å². The lowest BCUT2D eigenvalue weighted by Crippen LogP contribution is -2.32. The summed E-state index contributed by atoms with van der Waals surface area (Å²) in [5, 5.41) is 17.6. The van der Waals surface area contributed by atoms with Gasteiger partial charge in [0.05, 0.1) is 6.54 Å². The molecule has 2 aromatic carbocycles. The Morgan fingerprint density at radius 3 is 2.32 bits per heavy atom. The smallest absolute Gasteiger partial charge is 0.407 e. The molecule has 3 N–H and O–H groups in total. The average Bonchev–Trinajstić information content (AvgIpc) is 3.44. The minimum atomic E-state index is -1.20. The second-order valence-electron chi connectivity index (χ2n) is 8.14. The number of ether oxygens (including phenoxy) is 1. The highest BCUT2D eigenvalue weighted by molar-refractivity contribution is 5.85. The monoisotopic (exact) mass is 463 g/mol. The first-order valence-electron chi connectivity index (χ1n) is 11.0. The van der Waals surface area contributed by atoms with Crippen LogP contribution in [0, 0.1) is 5.92 Å². The fraction of sp³-hybridized carbons (Fsp3) is 0.280. The van der Waals surface area contributed by atoms with Crippen LogP contribution >= 0.6 is 0 Å². The first-order chi connectivity index (χ1) is 16.4. The van der Waals surface area contributed by atoms with Crippen molar-refractivity contribution in [1.82, 2.24) is 15.8 Å². The molecule has 1 aliphatic carbocycles. The molecular weight excluding hydrogens is 438 g/mol. The molecule has 9 heteroatoms. The third-order valence-corrected chi connectivity index (χ3v) is 5.85. The summed E-state index contributed by atoms with van der Waals surface area (Å²) in [6.45, 7) is 2.27. The highest BCUT2D eigenvalue weighted by Crippen LogP contribution is 2.44. The zero-order chi connectivity index (χ0) is 24.1. The van der Waals surface area contributed by atoms with Gasteiger partial charge in [-0.3, -0.25) is 4.79 Å². The molecule has 1 unspecified atom stereocenters. The molecule has 0 spiro atoms. The summed E-state index contributed by atoms with van der Waals surface area (Å²) >= 11 is 0. The Bertz CT molecular complexity index is 1160. The van der Waals surface area contributed by atoms with Crippen LogP contribution in [0.2, 0.25) is 0 Å². The van der Waals surface area contributed by atoms with Gasteiger partial charge in [0, 0.05) is 24.4 Å². The van der Waals surface area contributed by atoms with Crippen molar-refractivity contribution in [2.24, 2.45) is 5.92 Å². The maximum Gasteiger partial charge on any atom is 0.407 e. The lowest BCUT2D eigenvalue weighted by molar-refractivity contribution is -0.124. The molecule has 1 heterocycles. The van der Waals surface area contributed by atoms with Gasteiger partial charge >= 0.3 is 12.1 Å². The first kappa shape index (κ1) is 23.0. The predicted octanol–water partition coefficient (Wildman–Crippen LogP) is 3.55. The number of carboxylic acid groups (broad SMARTS) is 1. The fourth-order valence-electron chi connectivity index (χ4n) is 4.02. The quantitative estimate of drug-likeness (QED) is 0.442. The third-order valence-electron chi connectivity index (χ3n) is 5.85. The molecule has 0 bridgehead atoms. The number of rotatable bonds is 9. The molecule has 1 aromatic heterocycles. The summed E-state index contributed by atoms with van der Waals surface area (Å²) in [4.78, 5) is 35.3. The molecule has 176 valence electrons. The van der Waals surface area contributed by atoms with Crippen molar-refractivity contribution >= 4 is 18.0 Å². The number of carbonyl (C=O) groups excluding carboxylic acids is 2. The largest absolute Gasteiger partial charge is 0.476 e. The zero-order valence-corrected chi connectivity index (χ0v) is 18.6. The topological polar surface area (TPSA) is 131 Å². The van der Waals surface area contributed by atoms with Gasteiger partial charge in [0.1, 0.15) is 6.61 Å². The molecule has 2 amide bonds. The summed E-state index contributed by atoms with van der Waals surface area (Å²) in [5.74, 6) is -1.59. The third kappa shape index (κ3) is 5.09. The molecule has 34 heavy (non-hydrogen) atoms. The summed E-state index contributed by atoms with van der Waals surface area (Å²) < 4.78 is 10.4. The van der Waals surface area contributed by atoms with Gasteiger partial charge in [-0.25, -0.2) is 9.59 Å². The van der Waals surface area contributed by atoms with Gasteiger partial charge in [-0.05, 0) is 28.7 Å². The molecule has 0 aliphatic heterocycles. The molecule has 0 radical (unpaired) electrons. The SMILES string of the molecule is CC(CCNC(=O)OCC1c2ccccc2-c2ccccc21)C(=O)NCc1cc(C(=O)O)no1.